The third-order valence-electron chi connectivity index (χ3n) is 2.26. The monoisotopic (exact) mass is 322 g/mol. The summed E-state index contributed by atoms with van der Waals surface area (Å²) >= 11 is 23.4. The van der Waals surface area contributed by atoms with E-state index in [9.17, 15) is 5.11 Å². The molecular formula is C11H6Cl4N2O. The highest BCUT2D eigenvalue weighted by atomic mass is 35.5. The first-order valence-electron chi connectivity index (χ1n) is 4.80. The summed E-state index contributed by atoms with van der Waals surface area (Å²) < 4.78 is 0. The summed E-state index contributed by atoms with van der Waals surface area (Å²) in [6.07, 6.45) is 0.179. The van der Waals surface area contributed by atoms with Crippen molar-refractivity contribution in [3.05, 3.63) is 56.0 Å². The molecule has 0 aliphatic carbocycles. The van der Waals surface area contributed by atoms with Crippen LogP contribution in [0.2, 0.25) is 20.4 Å². The molecule has 0 saturated carbocycles. The number of aromatic nitrogens is 2. The summed E-state index contributed by atoms with van der Waals surface area (Å²) in [5.41, 5.74) is 0.577. The highest BCUT2D eigenvalue weighted by molar-refractivity contribution is 6.42. The number of nitrogens with zero attached hydrogens (tertiary/aromatic N) is 2. The topological polar surface area (TPSA) is 46.0 Å². The molecule has 3 nitrogen and oxygen atoms in total. The van der Waals surface area contributed by atoms with Crippen molar-refractivity contribution >= 4 is 46.4 Å². The number of aliphatic hydroxyl groups is 1. The molecule has 0 aliphatic rings. The number of benzene rings is 1. The Morgan fingerprint density at radius 1 is 1.11 bits per heavy atom. The van der Waals surface area contributed by atoms with Crippen molar-refractivity contribution in [1.82, 2.24) is 9.97 Å². The molecule has 0 aliphatic heterocycles. The largest absolute Gasteiger partial charge is 0.382 e. The average molecular weight is 324 g/mol. The summed E-state index contributed by atoms with van der Waals surface area (Å²) in [5, 5.41) is 11.0. The zero-order valence-electron chi connectivity index (χ0n) is 8.74. The van der Waals surface area contributed by atoms with Crippen molar-refractivity contribution in [2.24, 2.45) is 0 Å². The fourth-order valence-corrected chi connectivity index (χ4v) is 2.25. The van der Waals surface area contributed by atoms with E-state index in [2.05, 4.69) is 9.97 Å². The Labute approximate surface area is 123 Å². The van der Waals surface area contributed by atoms with Crippen LogP contribution in [-0.2, 0) is 0 Å². The van der Waals surface area contributed by atoms with Gasteiger partial charge in [0.05, 0.1) is 16.2 Å². The molecule has 7 heteroatoms. The van der Waals surface area contributed by atoms with Gasteiger partial charge in [0.2, 0.25) is 0 Å². The van der Waals surface area contributed by atoms with E-state index >= 15 is 0 Å². The van der Waals surface area contributed by atoms with Crippen molar-refractivity contribution in [1.29, 1.82) is 0 Å². The fraction of sp³-hybridized carbons (Fsp3) is 0.0909. The molecule has 1 N–H and O–H groups in total. The van der Waals surface area contributed by atoms with Crippen molar-refractivity contribution in [2.75, 3.05) is 0 Å². The minimum Gasteiger partial charge on any atom is -0.382 e. The molecular weight excluding hydrogens is 318 g/mol. The maximum Gasteiger partial charge on any atom is 0.155 e. The number of rotatable bonds is 2. The van der Waals surface area contributed by atoms with Gasteiger partial charge in [0.25, 0.3) is 0 Å². The Morgan fingerprint density at radius 2 is 1.83 bits per heavy atom. The molecule has 0 fully saturated rings. The molecule has 1 atom stereocenters. The number of halogens is 4. The van der Waals surface area contributed by atoms with E-state index in [1.807, 2.05) is 0 Å². The van der Waals surface area contributed by atoms with Crippen molar-refractivity contribution in [3.63, 3.8) is 0 Å². The minimum atomic E-state index is -1.12. The Kier molecular flexibility index (Phi) is 4.30. The van der Waals surface area contributed by atoms with E-state index in [0.29, 0.717) is 10.6 Å². The molecule has 2 aromatic rings. The van der Waals surface area contributed by atoms with Gasteiger partial charge in [-0.25, -0.2) is 4.98 Å². The van der Waals surface area contributed by atoms with E-state index in [1.54, 1.807) is 18.2 Å². The average Bonchev–Trinajstić information content (AvgIpc) is 2.32. The van der Waals surface area contributed by atoms with Crippen LogP contribution in [0, 0.1) is 0 Å². The Hall–Kier alpha value is -0.580. The van der Waals surface area contributed by atoms with Crippen LogP contribution in [0.25, 0.3) is 0 Å². The molecule has 1 heterocycles. The lowest BCUT2D eigenvalue weighted by atomic mass is 10.1. The van der Waals surface area contributed by atoms with Crippen LogP contribution < -0.4 is 0 Å². The zero-order chi connectivity index (χ0) is 13.3. The summed E-state index contributed by atoms with van der Waals surface area (Å²) in [7, 11) is 0. The predicted molar refractivity (Wildman–Crippen MR) is 72.6 cm³/mol. The third-order valence-corrected chi connectivity index (χ3v) is 3.56. The normalized spacial score (nSPS) is 12.5. The van der Waals surface area contributed by atoms with Crippen molar-refractivity contribution in [2.45, 2.75) is 6.10 Å². The van der Waals surface area contributed by atoms with Crippen LogP contribution in [0.1, 0.15) is 17.4 Å². The molecule has 1 aromatic heterocycles. The van der Waals surface area contributed by atoms with E-state index in [1.165, 1.54) is 6.20 Å². The lowest BCUT2D eigenvalue weighted by Gasteiger charge is -2.13. The number of aliphatic hydroxyl groups excluding tert-OH is 1. The number of hydrogen-bond donors (Lipinski definition) is 1. The Balaban J connectivity index is 2.48. The quantitative estimate of drug-likeness (QED) is 0.902. The van der Waals surface area contributed by atoms with Gasteiger partial charge in [0.15, 0.2) is 5.15 Å². The van der Waals surface area contributed by atoms with Gasteiger partial charge < -0.3 is 5.11 Å². The molecule has 2 rings (SSSR count). The molecule has 0 spiro atoms. The Morgan fingerprint density at radius 3 is 2.50 bits per heavy atom. The second-order valence-electron chi connectivity index (χ2n) is 3.41. The first-order chi connectivity index (χ1) is 8.50. The zero-order valence-corrected chi connectivity index (χ0v) is 11.8. The summed E-state index contributed by atoms with van der Waals surface area (Å²) in [6, 6.07) is 4.92. The summed E-state index contributed by atoms with van der Waals surface area (Å²) in [5.74, 6) is 0. The molecule has 0 bridgehead atoms. The van der Waals surface area contributed by atoms with Crippen LogP contribution >= 0.6 is 46.4 Å². The summed E-state index contributed by atoms with van der Waals surface area (Å²) in [4.78, 5) is 7.75. The van der Waals surface area contributed by atoms with Gasteiger partial charge in [0.1, 0.15) is 17.0 Å². The first kappa shape index (κ1) is 13.8. The molecule has 18 heavy (non-hydrogen) atoms. The maximum atomic E-state index is 10.2. The van der Waals surface area contributed by atoms with Gasteiger partial charge in [-0.15, -0.1) is 0 Å². The van der Waals surface area contributed by atoms with Crippen molar-refractivity contribution in [3.8, 4) is 0 Å². The van der Waals surface area contributed by atoms with Gasteiger partial charge >= 0.3 is 0 Å². The number of hydrogen-bond acceptors (Lipinski definition) is 3. The fourth-order valence-electron chi connectivity index (χ4n) is 1.42. The van der Waals surface area contributed by atoms with Crippen LogP contribution in [-0.4, -0.2) is 15.1 Å². The Bertz CT molecular complexity index is 591. The first-order valence-corrected chi connectivity index (χ1v) is 6.32. The van der Waals surface area contributed by atoms with Gasteiger partial charge in [0, 0.05) is 5.56 Å². The van der Waals surface area contributed by atoms with E-state index in [0.717, 1.165) is 0 Å². The standard InChI is InChI=1S/C11H6Cl4N2O/c12-6-3-1-2-5(8(6)14)10(18)9-11(15)17-7(13)4-16-9/h1-4,10,18H. The molecule has 1 aromatic carbocycles. The van der Waals surface area contributed by atoms with E-state index in [4.69, 9.17) is 46.4 Å². The van der Waals surface area contributed by atoms with E-state index < -0.39 is 6.10 Å². The highest BCUT2D eigenvalue weighted by Gasteiger charge is 2.20. The minimum absolute atomic E-state index is 0.0195. The second kappa shape index (κ2) is 5.59. The molecule has 0 saturated heterocycles. The van der Waals surface area contributed by atoms with Crippen LogP contribution in [0.15, 0.2) is 24.4 Å². The molecule has 1 unspecified atom stereocenters. The summed E-state index contributed by atoms with van der Waals surface area (Å²) in [6.45, 7) is 0. The lowest BCUT2D eigenvalue weighted by Crippen LogP contribution is -2.05. The molecule has 0 radical (unpaired) electrons. The SMILES string of the molecule is OC(c1cccc(Cl)c1Cl)c1ncc(Cl)nc1Cl. The molecule has 94 valence electrons. The maximum absolute atomic E-state index is 10.2. The van der Waals surface area contributed by atoms with Gasteiger partial charge in [-0.1, -0.05) is 58.5 Å². The lowest BCUT2D eigenvalue weighted by molar-refractivity contribution is 0.215. The van der Waals surface area contributed by atoms with Gasteiger partial charge in [-0.2, -0.15) is 0 Å². The van der Waals surface area contributed by atoms with Gasteiger partial charge in [-0.05, 0) is 6.07 Å². The van der Waals surface area contributed by atoms with Crippen LogP contribution in [0.5, 0.6) is 0 Å². The van der Waals surface area contributed by atoms with Crippen LogP contribution in [0.3, 0.4) is 0 Å². The second-order valence-corrected chi connectivity index (χ2v) is 4.94. The predicted octanol–water partition coefficient (Wildman–Crippen LogP) is 4.17. The van der Waals surface area contributed by atoms with Gasteiger partial charge in [-0.3, -0.25) is 4.98 Å². The van der Waals surface area contributed by atoms with Crippen molar-refractivity contribution < 1.29 is 5.11 Å². The van der Waals surface area contributed by atoms with Crippen LogP contribution in [0.4, 0.5) is 0 Å². The highest BCUT2D eigenvalue weighted by Crippen LogP contribution is 2.34. The third kappa shape index (κ3) is 2.71. The molecule has 0 amide bonds. The smallest absolute Gasteiger partial charge is 0.155 e. The van der Waals surface area contributed by atoms with E-state index in [-0.39, 0.29) is 21.0 Å².